The Hall–Kier alpha value is -0.780. The highest BCUT2D eigenvalue weighted by molar-refractivity contribution is 7.16. The van der Waals surface area contributed by atoms with Crippen LogP contribution in [-0.2, 0) is 6.54 Å². The SMILES string of the molecule is CN=C(NCc1ccc(Cl)s1)NC1CCN(C(C)C)CC1. The summed E-state index contributed by atoms with van der Waals surface area (Å²) >= 11 is 7.55. The molecule has 0 saturated carbocycles. The number of hydrogen-bond acceptors (Lipinski definition) is 3. The van der Waals surface area contributed by atoms with Gasteiger partial charge < -0.3 is 15.5 Å². The second kappa shape index (κ2) is 8.01. The van der Waals surface area contributed by atoms with E-state index in [1.54, 1.807) is 11.3 Å². The van der Waals surface area contributed by atoms with E-state index >= 15 is 0 Å². The average Bonchev–Trinajstić information content (AvgIpc) is 2.89. The largest absolute Gasteiger partial charge is 0.354 e. The van der Waals surface area contributed by atoms with Crippen LogP contribution in [0.25, 0.3) is 0 Å². The fourth-order valence-electron chi connectivity index (χ4n) is 2.57. The molecule has 0 bridgehead atoms. The Morgan fingerprint density at radius 1 is 1.43 bits per heavy atom. The Bertz CT molecular complexity index is 464. The summed E-state index contributed by atoms with van der Waals surface area (Å²) in [5.74, 6) is 0.877. The molecule has 4 nitrogen and oxygen atoms in total. The minimum absolute atomic E-state index is 0.512. The normalized spacial score (nSPS) is 18.2. The van der Waals surface area contributed by atoms with Gasteiger partial charge in [0.15, 0.2) is 5.96 Å². The maximum absolute atomic E-state index is 5.94. The van der Waals surface area contributed by atoms with Gasteiger partial charge >= 0.3 is 0 Å². The number of nitrogens with one attached hydrogen (secondary N) is 2. The second-order valence-corrected chi connectivity index (χ2v) is 7.48. The zero-order valence-corrected chi connectivity index (χ0v) is 14.6. The standard InChI is InChI=1S/C15H25ClN4S/c1-11(2)20-8-6-12(7-9-20)19-15(17-3)18-10-13-4-5-14(16)21-13/h4-5,11-12H,6-10H2,1-3H3,(H2,17,18,19). The van der Waals surface area contributed by atoms with Crippen LogP contribution in [0.15, 0.2) is 17.1 Å². The highest BCUT2D eigenvalue weighted by atomic mass is 35.5. The first-order chi connectivity index (χ1) is 10.1. The molecule has 1 saturated heterocycles. The number of thiophene rings is 1. The average molecular weight is 329 g/mol. The van der Waals surface area contributed by atoms with Gasteiger partial charge in [-0.1, -0.05) is 11.6 Å². The van der Waals surface area contributed by atoms with Crippen molar-refractivity contribution in [1.29, 1.82) is 0 Å². The number of aliphatic imine (C=N–C) groups is 1. The zero-order valence-electron chi connectivity index (χ0n) is 13.0. The van der Waals surface area contributed by atoms with E-state index in [0.717, 1.165) is 29.9 Å². The van der Waals surface area contributed by atoms with Crippen LogP contribution in [0.2, 0.25) is 4.34 Å². The molecule has 0 amide bonds. The van der Waals surface area contributed by atoms with Gasteiger partial charge in [-0.05, 0) is 38.8 Å². The molecule has 1 aliphatic rings. The molecule has 0 unspecified atom stereocenters. The smallest absolute Gasteiger partial charge is 0.191 e. The molecule has 0 spiro atoms. The first-order valence-electron chi connectivity index (χ1n) is 7.54. The third kappa shape index (κ3) is 5.16. The first-order valence-corrected chi connectivity index (χ1v) is 8.73. The topological polar surface area (TPSA) is 39.7 Å². The highest BCUT2D eigenvalue weighted by Gasteiger charge is 2.21. The van der Waals surface area contributed by atoms with E-state index in [0.29, 0.717) is 12.1 Å². The van der Waals surface area contributed by atoms with Crippen LogP contribution in [0.1, 0.15) is 31.6 Å². The van der Waals surface area contributed by atoms with E-state index < -0.39 is 0 Å². The van der Waals surface area contributed by atoms with E-state index in [2.05, 4.69) is 40.4 Å². The molecule has 1 aliphatic heterocycles. The molecule has 1 aromatic heterocycles. The van der Waals surface area contributed by atoms with Gasteiger partial charge in [-0.3, -0.25) is 4.99 Å². The molecule has 0 aliphatic carbocycles. The lowest BCUT2D eigenvalue weighted by molar-refractivity contribution is 0.167. The summed E-state index contributed by atoms with van der Waals surface area (Å²) < 4.78 is 0.829. The predicted octanol–water partition coefficient (Wildman–Crippen LogP) is 2.94. The number of rotatable bonds is 4. The van der Waals surface area contributed by atoms with Gasteiger partial charge in [0, 0.05) is 37.1 Å². The summed E-state index contributed by atoms with van der Waals surface area (Å²) in [5.41, 5.74) is 0. The molecule has 2 N–H and O–H groups in total. The van der Waals surface area contributed by atoms with E-state index in [1.165, 1.54) is 17.7 Å². The third-order valence-electron chi connectivity index (χ3n) is 3.88. The molecule has 2 rings (SSSR count). The maximum Gasteiger partial charge on any atom is 0.191 e. The second-order valence-electron chi connectivity index (χ2n) is 5.68. The van der Waals surface area contributed by atoms with Crippen LogP contribution in [0.5, 0.6) is 0 Å². The Morgan fingerprint density at radius 3 is 2.67 bits per heavy atom. The molecule has 21 heavy (non-hydrogen) atoms. The Balaban J connectivity index is 1.75. The molecule has 1 aromatic rings. The fraction of sp³-hybridized carbons (Fsp3) is 0.667. The minimum Gasteiger partial charge on any atom is -0.354 e. The van der Waals surface area contributed by atoms with Crippen molar-refractivity contribution in [3.05, 3.63) is 21.3 Å². The highest BCUT2D eigenvalue weighted by Crippen LogP contribution is 2.21. The number of hydrogen-bond donors (Lipinski definition) is 2. The third-order valence-corrected chi connectivity index (χ3v) is 5.11. The zero-order chi connectivity index (χ0) is 15.2. The molecule has 6 heteroatoms. The summed E-state index contributed by atoms with van der Waals surface area (Å²) in [6, 6.07) is 5.14. The number of guanidine groups is 1. The van der Waals surface area contributed by atoms with Gasteiger partial charge in [0.1, 0.15) is 0 Å². The van der Waals surface area contributed by atoms with Crippen LogP contribution in [0.4, 0.5) is 0 Å². The van der Waals surface area contributed by atoms with E-state index in [-0.39, 0.29) is 0 Å². The summed E-state index contributed by atoms with van der Waals surface area (Å²) in [4.78, 5) is 8.06. The molecule has 0 atom stereocenters. The van der Waals surface area contributed by atoms with E-state index in [9.17, 15) is 0 Å². The lowest BCUT2D eigenvalue weighted by Gasteiger charge is -2.35. The van der Waals surface area contributed by atoms with Crippen molar-refractivity contribution in [3.63, 3.8) is 0 Å². The van der Waals surface area contributed by atoms with Crippen molar-refractivity contribution >= 4 is 28.9 Å². The maximum atomic E-state index is 5.94. The lowest BCUT2D eigenvalue weighted by atomic mass is 10.0. The van der Waals surface area contributed by atoms with Gasteiger partial charge in [0.25, 0.3) is 0 Å². The van der Waals surface area contributed by atoms with Crippen LogP contribution >= 0.6 is 22.9 Å². The Kier molecular flexibility index (Phi) is 6.33. The predicted molar refractivity (Wildman–Crippen MR) is 92.4 cm³/mol. The van der Waals surface area contributed by atoms with Gasteiger partial charge in [-0.15, -0.1) is 11.3 Å². The van der Waals surface area contributed by atoms with E-state index in [1.807, 2.05) is 13.1 Å². The first kappa shape index (κ1) is 16.6. The fourth-order valence-corrected chi connectivity index (χ4v) is 3.59. The molecule has 2 heterocycles. The van der Waals surface area contributed by atoms with E-state index in [4.69, 9.17) is 11.6 Å². The lowest BCUT2D eigenvalue weighted by Crippen LogP contribution is -2.49. The van der Waals surface area contributed by atoms with Crippen LogP contribution in [-0.4, -0.2) is 43.1 Å². The monoisotopic (exact) mass is 328 g/mol. The summed E-state index contributed by atoms with van der Waals surface area (Å²) in [5, 5.41) is 6.88. The van der Waals surface area contributed by atoms with Crippen molar-refractivity contribution < 1.29 is 0 Å². The van der Waals surface area contributed by atoms with Crippen molar-refractivity contribution in [2.45, 2.75) is 45.3 Å². The minimum atomic E-state index is 0.512. The Labute approximate surface area is 136 Å². The number of nitrogens with zero attached hydrogens (tertiary/aromatic N) is 2. The molecular formula is C15H25ClN4S. The number of piperidine rings is 1. The molecule has 0 radical (unpaired) electrons. The van der Waals surface area contributed by atoms with Crippen LogP contribution < -0.4 is 10.6 Å². The molecular weight excluding hydrogens is 304 g/mol. The van der Waals surface area contributed by atoms with Gasteiger partial charge in [-0.2, -0.15) is 0 Å². The molecule has 1 fully saturated rings. The van der Waals surface area contributed by atoms with Crippen molar-refractivity contribution in [3.8, 4) is 0 Å². The van der Waals surface area contributed by atoms with Crippen molar-refractivity contribution in [1.82, 2.24) is 15.5 Å². The summed E-state index contributed by atoms with van der Waals surface area (Å²) in [6.07, 6.45) is 2.34. The Morgan fingerprint density at radius 2 is 2.14 bits per heavy atom. The summed E-state index contributed by atoms with van der Waals surface area (Å²) in [7, 11) is 1.82. The molecule has 118 valence electrons. The number of likely N-dealkylation sites (tertiary alicyclic amines) is 1. The van der Waals surface area contributed by atoms with Crippen LogP contribution in [0.3, 0.4) is 0 Å². The van der Waals surface area contributed by atoms with Crippen molar-refractivity contribution in [2.24, 2.45) is 4.99 Å². The van der Waals surface area contributed by atoms with Crippen LogP contribution in [0, 0.1) is 0 Å². The molecule has 0 aromatic carbocycles. The van der Waals surface area contributed by atoms with Gasteiger partial charge in [-0.25, -0.2) is 0 Å². The van der Waals surface area contributed by atoms with Crippen molar-refractivity contribution in [2.75, 3.05) is 20.1 Å². The van der Waals surface area contributed by atoms with Gasteiger partial charge in [0.05, 0.1) is 10.9 Å². The number of halogens is 1. The van der Waals surface area contributed by atoms with Gasteiger partial charge in [0.2, 0.25) is 0 Å². The summed E-state index contributed by atoms with van der Waals surface area (Å²) in [6.45, 7) is 7.61. The quantitative estimate of drug-likeness (QED) is 0.659.